The van der Waals surface area contributed by atoms with E-state index in [4.69, 9.17) is 26.0 Å². The van der Waals surface area contributed by atoms with Crippen molar-refractivity contribution in [1.29, 1.82) is 0 Å². The number of carbonyl (C=O) groups excluding carboxylic acids is 1. The highest BCUT2D eigenvalue weighted by atomic mass is 16.5. The van der Waals surface area contributed by atoms with Crippen LogP contribution in [0.15, 0.2) is 85.6 Å². The van der Waals surface area contributed by atoms with Gasteiger partial charge in [0, 0.05) is 65.0 Å². The number of aromatic nitrogens is 4. The van der Waals surface area contributed by atoms with Gasteiger partial charge in [0.25, 0.3) is 5.91 Å². The Kier molecular flexibility index (Phi) is 11.9. The van der Waals surface area contributed by atoms with Crippen molar-refractivity contribution in [2.24, 2.45) is 11.5 Å². The van der Waals surface area contributed by atoms with Crippen molar-refractivity contribution in [3.05, 3.63) is 119 Å². The van der Waals surface area contributed by atoms with Gasteiger partial charge in [-0.2, -0.15) is 0 Å². The molecule has 11 heteroatoms. The molecule has 0 saturated heterocycles. The topological polar surface area (TPSA) is 185 Å². The third-order valence-electron chi connectivity index (χ3n) is 8.11. The van der Waals surface area contributed by atoms with Crippen LogP contribution in [0, 0.1) is 11.8 Å². The third-order valence-corrected chi connectivity index (χ3v) is 8.11. The number of nitrogens with zero attached hydrogens (tertiary/aromatic N) is 2. The van der Waals surface area contributed by atoms with Crippen LogP contribution >= 0.6 is 0 Å². The normalized spacial score (nSPS) is 12.1. The van der Waals surface area contributed by atoms with E-state index in [-0.39, 0.29) is 36.8 Å². The van der Waals surface area contributed by atoms with E-state index in [9.17, 15) is 9.90 Å². The molecule has 4 heterocycles. The number of pyridine rings is 2. The summed E-state index contributed by atoms with van der Waals surface area (Å²) in [7, 11) is 1.59. The molecule has 2 aromatic carbocycles. The summed E-state index contributed by atoms with van der Waals surface area (Å²) in [5.41, 5.74) is 18.6. The minimum Gasteiger partial charge on any atom is -0.495 e. The Bertz CT molecular complexity index is 2130. The number of amides is 1. The molecule has 6 aromatic rings. The van der Waals surface area contributed by atoms with Crippen molar-refractivity contribution in [2.75, 3.05) is 20.3 Å². The first-order valence-corrected chi connectivity index (χ1v) is 16.3. The van der Waals surface area contributed by atoms with E-state index in [0.29, 0.717) is 35.5 Å². The Morgan fingerprint density at radius 1 is 0.940 bits per heavy atom. The molecule has 0 fully saturated rings. The number of H-pyrrole nitrogens is 2. The van der Waals surface area contributed by atoms with E-state index in [1.807, 2.05) is 74.8 Å². The number of aliphatic hydroxyl groups is 2. The number of aliphatic hydroxyl groups excluding tert-OH is 2. The molecule has 1 amide bonds. The van der Waals surface area contributed by atoms with Gasteiger partial charge >= 0.3 is 0 Å². The molecule has 11 nitrogen and oxygen atoms in total. The standard InChI is InChI=1S/C29H29N3O4.C10H13N3O/c1-18(2)36-28-23(22(17-33)14-21-15-32-26-10-11-31-16-25(21)26)12-19(13-24(28)29(30)34)8-9-20-6-4-5-7-27(20)35-3;11-8(6-14)4-7-5-13-9-2-1-3-12-10(7)9/h4-7,10-13,15-16,18,22,32-33H,14,17H2,1-3H3,(H2,30,34);1-3,5,8,13-14H,4,6,11H2. The zero-order valence-electron chi connectivity index (χ0n) is 28.3. The molecule has 258 valence electrons. The fourth-order valence-corrected chi connectivity index (χ4v) is 5.70. The monoisotopic (exact) mass is 674 g/mol. The van der Waals surface area contributed by atoms with Crippen LogP contribution in [0.3, 0.4) is 0 Å². The first kappa shape index (κ1) is 35.6. The second-order valence-corrected chi connectivity index (χ2v) is 12.1. The Labute approximate surface area is 290 Å². The maximum absolute atomic E-state index is 12.5. The van der Waals surface area contributed by atoms with Gasteiger partial charge in [-0.1, -0.05) is 24.0 Å². The second kappa shape index (κ2) is 16.6. The minimum absolute atomic E-state index is 0.000489. The summed E-state index contributed by atoms with van der Waals surface area (Å²) in [5, 5.41) is 20.3. The highest BCUT2D eigenvalue weighted by molar-refractivity contribution is 5.96. The SMILES string of the molecule is COc1ccccc1C#Cc1cc(C(N)=O)c(OC(C)C)c(C(CO)Cc2c[nH]c3ccncc23)c1.NC(CO)Cc1c[nH]c2cccnc12. The lowest BCUT2D eigenvalue weighted by Crippen LogP contribution is -2.26. The molecule has 0 aliphatic carbocycles. The Hall–Kier alpha value is -5.67. The van der Waals surface area contributed by atoms with Crippen LogP contribution in [-0.4, -0.2) is 68.5 Å². The number of aromatic amines is 2. The van der Waals surface area contributed by atoms with Gasteiger partial charge in [-0.05, 0) is 80.3 Å². The zero-order chi connectivity index (χ0) is 35.6. The Balaban J connectivity index is 0.000000288. The molecular weight excluding hydrogens is 632 g/mol. The van der Waals surface area contributed by atoms with Crippen LogP contribution in [0.5, 0.6) is 11.5 Å². The molecular formula is C39H42N6O5. The van der Waals surface area contributed by atoms with Gasteiger partial charge in [0.1, 0.15) is 11.5 Å². The minimum atomic E-state index is -0.624. The van der Waals surface area contributed by atoms with Crippen molar-refractivity contribution in [1.82, 2.24) is 19.9 Å². The largest absolute Gasteiger partial charge is 0.495 e. The highest BCUT2D eigenvalue weighted by Crippen LogP contribution is 2.36. The van der Waals surface area contributed by atoms with Gasteiger partial charge in [-0.15, -0.1) is 0 Å². The summed E-state index contributed by atoms with van der Waals surface area (Å²) in [6, 6.07) is 16.5. The van der Waals surface area contributed by atoms with Crippen LogP contribution < -0.4 is 20.9 Å². The molecule has 4 aromatic heterocycles. The van der Waals surface area contributed by atoms with Gasteiger partial charge < -0.3 is 41.1 Å². The van der Waals surface area contributed by atoms with Crippen LogP contribution in [0.1, 0.15) is 57.9 Å². The molecule has 0 saturated carbocycles. The quantitative estimate of drug-likeness (QED) is 0.108. The fourth-order valence-electron chi connectivity index (χ4n) is 5.70. The molecule has 0 bridgehead atoms. The van der Waals surface area contributed by atoms with Gasteiger partial charge in [-0.3, -0.25) is 14.8 Å². The summed E-state index contributed by atoms with van der Waals surface area (Å²) in [4.78, 5) is 27.3. The van der Waals surface area contributed by atoms with Gasteiger partial charge in [0.15, 0.2) is 0 Å². The second-order valence-electron chi connectivity index (χ2n) is 12.1. The number of methoxy groups -OCH3 is 1. The predicted octanol–water partition coefficient (Wildman–Crippen LogP) is 4.60. The Morgan fingerprint density at radius 2 is 1.72 bits per heavy atom. The van der Waals surface area contributed by atoms with E-state index in [0.717, 1.165) is 38.6 Å². The highest BCUT2D eigenvalue weighted by Gasteiger charge is 2.24. The summed E-state index contributed by atoms with van der Waals surface area (Å²) < 4.78 is 11.5. The first-order valence-electron chi connectivity index (χ1n) is 16.3. The molecule has 0 spiro atoms. The van der Waals surface area contributed by atoms with E-state index >= 15 is 0 Å². The number of benzene rings is 2. The van der Waals surface area contributed by atoms with Crippen LogP contribution in [-0.2, 0) is 12.8 Å². The molecule has 6 rings (SSSR count). The lowest BCUT2D eigenvalue weighted by Gasteiger charge is -2.23. The first-order chi connectivity index (χ1) is 24.2. The van der Waals surface area contributed by atoms with Crippen LogP contribution in [0.2, 0.25) is 0 Å². The predicted molar refractivity (Wildman–Crippen MR) is 194 cm³/mol. The zero-order valence-corrected chi connectivity index (χ0v) is 28.3. The molecule has 0 aliphatic rings. The smallest absolute Gasteiger partial charge is 0.252 e. The number of para-hydroxylation sites is 1. The number of ether oxygens (including phenoxy) is 2. The van der Waals surface area contributed by atoms with E-state index in [2.05, 4.69) is 31.8 Å². The van der Waals surface area contributed by atoms with Gasteiger partial charge in [-0.25, -0.2) is 0 Å². The summed E-state index contributed by atoms with van der Waals surface area (Å²) in [5.74, 6) is 6.28. The number of nitrogens with two attached hydrogens (primary N) is 2. The number of nitrogens with one attached hydrogen (secondary N) is 2. The summed E-state index contributed by atoms with van der Waals surface area (Å²) >= 11 is 0. The third kappa shape index (κ3) is 8.48. The van der Waals surface area contributed by atoms with Crippen molar-refractivity contribution >= 4 is 27.8 Å². The molecule has 2 unspecified atom stereocenters. The fraction of sp³-hybridized carbons (Fsp3) is 0.256. The van der Waals surface area contributed by atoms with E-state index < -0.39 is 5.91 Å². The van der Waals surface area contributed by atoms with E-state index in [1.54, 1.807) is 31.8 Å². The van der Waals surface area contributed by atoms with Crippen molar-refractivity contribution < 1.29 is 24.5 Å². The number of primary amides is 1. The molecule has 50 heavy (non-hydrogen) atoms. The molecule has 0 radical (unpaired) electrons. The lowest BCUT2D eigenvalue weighted by molar-refractivity contribution is 0.0993. The lowest BCUT2D eigenvalue weighted by atomic mass is 9.89. The number of hydrogen-bond acceptors (Lipinski definition) is 8. The van der Waals surface area contributed by atoms with Crippen LogP contribution in [0.4, 0.5) is 0 Å². The average molecular weight is 675 g/mol. The molecule has 0 aliphatic heterocycles. The number of fused-ring (bicyclic) bond motifs is 2. The number of rotatable bonds is 11. The van der Waals surface area contributed by atoms with Gasteiger partial charge in [0.05, 0.1) is 48.6 Å². The van der Waals surface area contributed by atoms with Crippen molar-refractivity contribution in [3.63, 3.8) is 0 Å². The van der Waals surface area contributed by atoms with Gasteiger partial charge in [0.2, 0.25) is 0 Å². The van der Waals surface area contributed by atoms with E-state index in [1.165, 1.54) is 0 Å². The summed E-state index contributed by atoms with van der Waals surface area (Å²) in [6.07, 6.45) is 10.0. The average Bonchev–Trinajstić information content (AvgIpc) is 3.73. The van der Waals surface area contributed by atoms with Crippen LogP contribution in [0.25, 0.3) is 21.9 Å². The number of carbonyl (C=O) groups is 1. The summed E-state index contributed by atoms with van der Waals surface area (Å²) in [6.45, 7) is 3.59. The van der Waals surface area contributed by atoms with Crippen molar-refractivity contribution in [3.8, 4) is 23.3 Å². The Morgan fingerprint density at radius 3 is 2.46 bits per heavy atom. The van der Waals surface area contributed by atoms with Crippen molar-refractivity contribution in [2.45, 2.75) is 44.8 Å². The number of hydrogen-bond donors (Lipinski definition) is 6. The maximum Gasteiger partial charge on any atom is 0.252 e. The maximum atomic E-state index is 12.5. The molecule has 8 N–H and O–H groups in total. The molecule has 2 atom stereocenters.